The monoisotopic (exact) mass is 546 g/mol. The van der Waals surface area contributed by atoms with Crippen molar-refractivity contribution < 1.29 is 24.2 Å². The molecule has 1 saturated heterocycles. The van der Waals surface area contributed by atoms with E-state index in [1.165, 1.54) is 16.7 Å². The molecule has 214 valence electrons. The van der Waals surface area contributed by atoms with Gasteiger partial charge in [0.1, 0.15) is 18.0 Å². The molecule has 40 heavy (non-hydrogen) atoms. The molecular formula is C33H42N2O5. The maximum atomic E-state index is 14.6. The molecule has 2 aromatic carbocycles. The molecule has 2 fully saturated rings. The zero-order valence-corrected chi connectivity index (χ0v) is 24.4. The van der Waals surface area contributed by atoms with Crippen LogP contribution in [0.3, 0.4) is 0 Å². The summed E-state index contributed by atoms with van der Waals surface area (Å²) in [7, 11) is 0. The Bertz CT molecular complexity index is 1270. The van der Waals surface area contributed by atoms with E-state index in [0.717, 1.165) is 24.0 Å². The molecule has 0 aromatic heterocycles. The number of rotatable bonds is 8. The van der Waals surface area contributed by atoms with E-state index in [1.54, 1.807) is 4.90 Å². The minimum Gasteiger partial charge on any atom is -0.491 e. The molecular weight excluding hydrogens is 504 g/mol. The zero-order valence-electron chi connectivity index (χ0n) is 24.4. The Balaban J connectivity index is 1.45. The van der Waals surface area contributed by atoms with Gasteiger partial charge in [0.25, 0.3) is 0 Å². The quantitative estimate of drug-likeness (QED) is 0.450. The average molecular weight is 547 g/mol. The lowest BCUT2D eigenvalue weighted by Gasteiger charge is -2.32. The van der Waals surface area contributed by atoms with Crippen LogP contribution in [0.2, 0.25) is 0 Å². The Labute approximate surface area is 237 Å². The highest BCUT2D eigenvalue weighted by atomic mass is 16.6. The molecule has 0 bridgehead atoms. The van der Waals surface area contributed by atoms with Crippen LogP contribution in [0.25, 0.3) is 0 Å². The third-order valence-electron chi connectivity index (χ3n) is 8.37. The van der Waals surface area contributed by atoms with Gasteiger partial charge >= 0.3 is 6.09 Å². The van der Waals surface area contributed by atoms with Gasteiger partial charge in [-0.1, -0.05) is 36.4 Å². The Hall–Kier alpha value is -3.32. The lowest BCUT2D eigenvalue weighted by atomic mass is 9.82. The number of aryl methyl sites for hydroxylation is 1. The van der Waals surface area contributed by atoms with E-state index in [-0.39, 0.29) is 49.0 Å². The van der Waals surface area contributed by atoms with Crippen LogP contribution in [0.4, 0.5) is 4.79 Å². The fraction of sp³-hybridized carbons (Fsp3) is 0.515. The van der Waals surface area contributed by atoms with Crippen molar-refractivity contribution in [3.63, 3.8) is 0 Å². The number of allylic oxidation sites excluding steroid dienone is 1. The summed E-state index contributed by atoms with van der Waals surface area (Å²) >= 11 is 0. The molecule has 3 unspecified atom stereocenters. The maximum absolute atomic E-state index is 14.6. The van der Waals surface area contributed by atoms with E-state index in [1.807, 2.05) is 45.0 Å². The number of nitrogens with zero attached hydrogens (tertiary/aromatic N) is 2. The van der Waals surface area contributed by atoms with Gasteiger partial charge in [0, 0.05) is 37.5 Å². The van der Waals surface area contributed by atoms with Crippen molar-refractivity contribution in [1.29, 1.82) is 0 Å². The highest BCUT2D eigenvalue weighted by molar-refractivity contribution is 5.83. The first-order valence-electron chi connectivity index (χ1n) is 14.4. The number of fused-ring (bicyclic) bond motifs is 1. The van der Waals surface area contributed by atoms with Gasteiger partial charge < -0.3 is 24.4 Å². The number of likely N-dealkylation sites (tertiary alicyclic amines) is 1. The number of amides is 2. The number of benzene rings is 2. The molecule has 3 atom stereocenters. The van der Waals surface area contributed by atoms with Crippen molar-refractivity contribution >= 4 is 12.0 Å². The Morgan fingerprint density at radius 3 is 2.45 bits per heavy atom. The van der Waals surface area contributed by atoms with Gasteiger partial charge in [-0.05, 0) is 87.4 Å². The Morgan fingerprint density at radius 1 is 1.07 bits per heavy atom. The van der Waals surface area contributed by atoms with E-state index in [0.29, 0.717) is 25.4 Å². The van der Waals surface area contributed by atoms with Gasteiger partial charge in [0.2, 0.25) is 5.91 Å². The second-order valence-electron chi connectivity index (χ2n) is 12.5. The first-order chi connectivity index (χ1) is 19.1. The summed E-state index contributed by atoms with van der Waals surface area (Å²) in [5.74, 6) is 0.432. The van der Waals surface area contributed by atoms with Crippen LogP contribution < -0.4 is 4.74 Å². The van der Waals surface area contributed by atoms with Gasteiger partial charge in [0.15, 0.2) is 0 Å². The molecule has 2 aliphatic carbocycles. The number of aliphatic hydroxyl groups is 1. The van der Waals surface area contributed by atoms with E-state index in [4.69, 9.17) is 14.6 Å². The van der Waals surface area contributed by atoms with Crippen molar-refractivity contribution in [3.05, 3.63) is 76.4 Å². The maximum Gasteiger partial charge on any atom is 0.410 e. The SMILES string of the molecule is Cc1cccc(CN(C(=O)C2C3CN(C(=O)OC(C)(C)C)CC3=CC2c2ccc(OCCO)cc2)C2CC2)c1C. The normalized spacial score (nSPS) is 22.1. The van der Waals surface area contributed by atoms with Gasteiger partial charge in [-0.3, -0.25) is 4.79 Å². The summed E-state index contributed by atoms with van der Waals surface area (Å²) in [5, 5.41) is 9.09. The van der Waals surface area contributed by atoms with E-state index in [2.05, 4.69) is 43.0 Å². The molecule has 7 nitrogen and oxygen atoms in total. The molecule has 1 aliphatic heterocycles. The Kier molecular flexibility index (Phi) is 7.96. The largest absolute Gasteiger partial charge is 0.491 e. The van der Waals surface area contributed by atoms with Crippen molar-refractivity contribution in [3.8, 4) is 5.75 Å². The first-order valence-corrected chi connectivity index (χ1v) is 14.4. The lowest BCUT2D eigenvalue weighted by molar-refractivity contribution is -0.138. The number of carbonyl (C=O) groups is 2. The Morgan fingerprint density at radius 2 is 1.80 bits per heavy atom. The second kappa shape index (κ2) is 11.3. The third kappa shape index (κ3) is 6.04. The van der Waals surface area contributed by atoms with Crippen LogP contribution in [0, 0.1) is 25.7 Å². The van der Waals surface area contributed by atoms with Crippen molar-refractivity contribution in [1.82, 2.24) is 9.80 Å². The van der Waals surface area contributed by atoms with E-state index in [9.17, 15) is 9.59 Å². The minimum absolute atomic E-state index is 0.0414. The second-order valence-corrected chi connectivity index (χ2v) is 12.5. The predicted molar refractivity (Wildman–Crippen MR) is 154 cm³/mol. The van der Waals surface area contributed by atoms with Crippen molar-refractivity contribution in [2.75, 3.05) is 26.3 Å². The van der Waals surface area contributed by atoms with Gasteiger partial charge in [-0.2, -0.15) is 0 Å². The fourth-order valence-corrected chi connectivity index (χ4v) is 6.04. The van der Waals surface area contributed by atoms with Crippen molar-refractivity contribution in [2.24, 2.45) is 11.8 Å². The highest BCUT2D eigenvalue weighted by Crippen LogP contribution is 2.48. The summed E-state index contributed by atoms with van der Waals surface area (Å²) < 4.78 is 11.2. The number of hydrogen-bond acceptors (Lipinski definition) is 5. The topological polar surface area (TPSA) is 79.3 Å². The van der Waals surface area contributed by atoms with Gasteiger partial charge in [-0.25, -0.2) is 4.79 Å². The molecule has 3 aliphatic rings. The molecule has 1 N–H and O–H groups in total. The van der Waals surface area contributed by atoms with Crippen LogP contribution in [-0.2, 0) is 16.1 Å². The number of carbonyl (C=O) groups excluding carboxylic acids is 2. The first kappa shape index (κ1) is 28.2. The summed E-state index contributed by atoms with van der Waals surface area (Å²) in [6.07, 6.45) is 3.94. The number of ether oxygens (including phenoxy) is 2. The summed E-state index contributed by atoms with van der Waals surface area (Å²) in [5.41, 5.74) is 5.28. The summed E-state index contributed by atoms with van der Waals surface area (Å²) in [4.78, 5) is 31.4. The third-order valence-corrected chi connectivity index (χ3v) is 8.37. The van der Waals surface area contributed by atoms with Gasteiger partial charge in [-0.15, -0.1) is 0 Å². The van der Waals surface area contributed by atoms with E-state index < -0.39 is 5.60 Å². The molecule has 1 heterocycles. The summed E-state index contributed by atoms with van der Waals surface area (Å²) in [6.45, 7) is 11.6. The van der Waals surface area contributed by atoms with Gasteiger partial charge in [0.05, 0.1) is 12.5 Å². The van der Waals surface area contributed by atoms with Crippen LogP contribution in [0.15, 0.2) is 54.1 Å². The van der Waals surface area contributed by atoms with Crippen LogP contribution in [0.5, 0.6) is 5.75 Å². The zero-order chi connectivity index (χ0) is 28.6. The number of hydrogen-bond donors (Lipinski definition) is 1. The highest BCUT2D eigenvalue weighted by Gasteiger charge is 2.50. The minimum atomic E-state index is -0.574. The molecule has 0 spiro atoms. The molecule has 0 radical (unpaired) electrons. The molecule has 5 rings (SSSR count). The number of aliphatic hydroxyl groups excluding tert-OH is 1. The smallest absolute Gasteiger partial charge is 0.410 e. The lowest BCUT2D eigenvalue weighted by Crippen LogP contribution is -2.42. The predicted octanol–water partition coefficient (Wildman–Crippen LogP) is 5.37. The van der Waals surface area contributed by atoms with Crippen LogP contribution in [0.1, 0.15) is 61.8 Å². The van der Waals surface area contributed by atoms with Crippen LogP contribution >= 0.6 is 0 Å². The molecule has 2 amide bonds. The average Bonchev–Trinajstić information content (AvgIpc) is 3.56. The standard InChI is InChI=1S/C33H42N2O5/c1-21-7-6-8-24(22(21)2)19-35(26-11-12-26)31(37)30-28(23-9-13-27(14-10-23)39-16-15-36)17-25-18-34(20-29(25)30)32(38)40-33(3,4)5/h6-10,13-14,17,26,28-30,36H,11-12,15-16,18-20H2,1-5H3. The summed E-state index contributed by atoms with van der Waals surface area (Å²) in [6, 6.07) is 14.4. The van der Waals surface area contributed by atoms with Crippen LogP contribution in [-0.4, -0.2) is 64.9 Å². The molecule has 2 aromatic rings. The fourth-order valence-electron chi connectivity index (χ4n) is 6.04. The molecule has 1 saturated carbocycles. The molecule has 7 heteroatoms. The van der Waals surface area contributed by atoms with E-state index >= 15 is 0 Å². The van der Waals surface area contributed by atoms with Crippen molar-refractivity contribution in [2.45, 2.75) is 71.6 Å².